The summed E-state index contributed by atoms with van der Waals surface area (Å²) in [5.41, 5.74) is 0. The van der Waals surface area contributed by atoms with Crippen molar-refractivity contribution in [3.8, 4) is 0 Å². The molecule has 8 heteroatoms. The molecule has 0 aromatic carbocycles. The van der Waals surface area contributed by atoms with E-state index in [2.05, 4.69) is 0 Å². The molecule has 0 aromatic heterocycles. The van der Waals surface area contributed by atoms with Gasteiger partial charge >= 0.3 is 12.1 Å². The maximum absolute atomic E-state index is 11.7. The zero-order valence-corrected chi connectivity index (χ0v) is 6.35. The minimum atomic E-state index is -5.04. The van der Waals surface area contributed by atoms with Crippen molar-refractivity contribution >= 4 is 22.2 Å². The summed E-state index contributed by atoms with van der Waals surface area (Å²) in [7, 11) is -5.04. The van der Waals surface area contributed by atoms with Gasteiger partial charge in [0, 0.05) is 0 Å². The van der Waals surface area contributed by atoms with Crippen molar-refractivity contribution in [3.05, 3.63) is 0 Å². The third kappa shape index (κ3) is 3.49. The third-order valence-electron chi connectivity index (χ3n) is 0.959. The van der Waals surface area contributed by atoms with Crippen LogP contribution < -0.4 is 0 Å². The molecule has 0 fully saturated rings. The first-order valence-corrected chi connectivity index (χ1v) is 4.09. The molecule has 1 N–H and O–H groups in total. The average molecular weight is 202 g/mol. The molecular formula is C4H4F2O5S. The highest BCUT2D eigenvalue weighted by Crippen LogP contribution is 2.07. The highest BCUT2D eigenvalue weighted by molar-refractivity contribution is 7.87. The van der Waals surface area contributed by atoms with Crippen LogP contribution in [0.25, 0.3) is 0 Å². The van der Waals surface area contributed by atoms with Gasteiger partial charge in [0.15, 0.2) is 5.25 Å². The first-order chi connectivity index (χ1) is 5.25. The maximum Gasteiger partial charge on any atom is 0.322 e. The lowest BCUT2D eigenvalue weighted by Crippen LogP contribution is -2.28. The number of carbonyl (C=O) groups is 2. The van der Waals surface area contributed by atoms with Crippen LogP contribution >= 0.6 is 0 Å². The minimum absolute atomic E-state index is 1.51. The summed E-state index contributed by atoms with van der Waals surface area (Å²) in [6.07, 6.45) is -1.51. The third-order valence-corrected chi connectivity index (χ3v) is 2.03. The van der Waals surface area contributed by atoms with E-state index in [9.17, 15) is 26.8 Å². The lowest BCUT2D eigenvalue weighted by atomic mass is 10.3. The van der Waals surface area contributed by atoms with E-state index in [1.807, 2.05) is 0 Å². The molecule has 12 heavy (non-hydrogen) atoms. The van der Waals surface area contributed by atoms with Crippen molar-refractivity contribution in [2.45, 2.75) is 11.7 Å². The van der Waals surface area contributed by atoms with Crippen molar-refractivity contribution in [1.29, 1.82) is 0 Å². The fourth-order valence-electron chi connectivity index (χ4n) is 0.448. The van der Waals surface area contributed by atoms with Crippen molar-refractivity contribution in [3.63, 3.8) is 0 Å². The Balaban J connectivity index is 4.70. The summed E-state index contributed by atoms with van der Waals surface area (Å²) >= 11 is 0. The van der Waals surface area contributed by atoms with Crippen molar-refractivity contribution < 1.29 is 31.3 Å². The topological polar surface area (TPSA) is 88.5 Å². The fourth-order valence-corrected chi connectivity index (χ4v) is 1.02. The van der Waals surface area contributed by atoms with Gasteiger partial charge < -0.3 is 0 Å². The Hall–Kier alpha value is -0.890. The van der Waals surface area contributed by atoms with Crippen molar-refractivity contribution in [2.75, 3.05) is 0 Å². The van der Waals surface area contributed by atoms with E-state index in [1.54, 1.807) is 0 Å². The lowest BCUT2D eigenvalue weighted by molar-refractivity contribution is -0.134. The van der Waals surface area contributed by atoms with Gasteiger partial charge in [-0.05, 0) is 0 Å². The van der Waals surface area contributed by atoms with Crippen LogP contribution in [0.5, 0.6) is 0 Å². The van der Waals surface area contributed by atoms with Crippen LogP contribution in [-0.2, 0) is 19.7 Å². The summed E-state index contributed by atoms with van der Waals surface area (Å²) in [4.78, 5) is 19.4. The molecule has 0 aliphatic carbocycles. The summed E-state index contributed by atoms with van der Waals surface area (Å²) in [5, 5.41) is -2.64. The van der Waals surface area contributed by atoms with E-state index < -0.39 is 33.9 Å². The summed E-state index contributed by atoms with van der Waals surface area (Å²) in [6.45, 7) is 0. The van der Waals surface area contributed by atoms with Crippen LogP contribution in [-0.4, -0.2) is 30.3 Å². The van der Waals surface area contributed by atoms with Crippen LogP contribution in [0.3, 0.4) is 0 Å². The van der Waals surface area contributed by atoms with E-state index in [1.165, 1.54) is 0 Å². The second-order valence-electron chi connectivity index (χ2n) is 1.87. The van der Waals surface area contributed by atoms with Gasteiger partial charge in [0.25, 0.3) is 10.1 Å². The molecule has 0 heterocycles. The normalized spacial score (nSPS) is 13.9. The van der Waals surface area contributed by atoms with E-state index in [-0.39, 0.29) is 0 Å². The summed E-state index contributed by atoms with van der Waals surface area (Å²) in [6, 6.07) is -4.66. The minimum Gasteiger partial charge on any atom is -0.285 e. The number of hydrogen-bond donors (Lipinski definition) is 1. The molecule has 1 unspecified atom stereocenters. The van der Waals surface area contributed by atoms with Gasteiger partial charge in [-0.1, -0.05) is 0 Å². The summed E-state index contributed by atoms with van der Waals surface area (Å²) in [5.74, 6) is 0. The highest BCUT2D eigenvalue weighted by atomic mass is 32.2. The Morgan fingerprint density at radius 2 is 1.75 bits per heavy atom. The molecule has 70 valence electrons. The number of halogens is 2. The smallest absolute Gasteiger partial charge is 0.285 e. The van der Waals surface area contributed by atoms with E-state index in [4.69, 9.17) is 4.55 Å². The molecule has 0 aromatic rings. The molecule has 0 saturated heterocycles. The zero-order chi connectivity index (χ0) is 9.94. The predicted octanol–water partition coefficient (Wildman–Crippen LogP) is -0.375. The van der Waals surface area contributed by atoms with Gasteiger partial charge in [0.1, 0.15) is 0 Å². The number of hydrogen-bond acceptors (Lipinski definition) is 4. The Morgan fingerprint density at radius 3 is 1.83 bits per heavy atom. The molecule has 0 aliphatic rings. The van der Waals surface area contributed by atoms with Crippen LogP contribution in [0, 0.1) is 0 Å². The number of rotatable bonds is 4. The van der Waals surface area contributed by atoms with Gasteiger partial charge in [-0.25, -0.2) is 0 Å². The van der Waals surface area contributed by atoms with Gasteiger partial charge in [-0.2, -0.15) is 17.2 Å². The van der Waals surface area contributed by atoms with Gasteiger partial charge in [-0.15, -0.1) is 0 Å². The van der Waals surface area contributed by atoms with Crippen molar-refractivity contribution in [2.24, 2.45) is 0 Å². The monoisotopic (exact) mass is 202 g/mol. The molecule has 0 bridgehead atoms. The quantitative estimate of drug-likeness (QED) is 0.496. The van der Waals surface area contributed by atoms with E-state index in [0.29, 0.717) is 0 Å². The Morgan fingerprint density at radius 1 is 1.33 bits per heavy atom. The van der Waals surface area contributed by atoms with Crippen LogP contribution in [0.1, 0.15) is 6.42 Å². The van der Waals surface area contributed by atoms with Gasteiger partial charge in [0.05, 0.1) is 6.42 Å². The lowest BCUT2D eigenvalue weighted by Gasteiger charge is -2.02. The molecule has 5 nitrogen and oxygen atoms in total. The van der Waals surface area contributed by atoms with Crippen LogP contribution in [0.15, 0.2) is 0 Å². The van der Waals surface area contributed by atoms with Crippen LogP contribution in [0.2, 0.25) is 0 Å². The number of carbonyl (C=O) groups excluding carboxylic acids is 2. The zero-order valence-electron chi connectivity index (χ0n) is 5.53. The molecule has 0 saturated carbocycles. The average Bonchev–Trinajstić information content (AvgIpc) is 1.79. The van der Waals surface area contributed by atoms with Gasteiger partial charge in [0.2, 0.25) is 0 Å². The second-order valence-corrected chi connectivity index (χ2v) is 3.47. The van der Waals surface area contributed by atoms with Crippen molar-refractivity contribution in [1.82, 2.24) is 0 Å². The van der Waals surface area contributed by atoms with Crippen LogP contribution in [0.4, 0.5) is 8.78 Å². The molecule has 1 atom stereocenters. The molecule has 0 amide bonds. The fraction of sp³-hybridized carbons (Fsp3) is 0.500. The second kappa shape index (κ2) is 3.68. The predicted molar refractivity (Wildman–Crippen MR) is 32.2 cm³/mol. The summed E-state index contributed by atoms with van der Waals surface area (Å²) < 4.78 is 51.5. The molecule has 0 aliphatic heterocycles. The molecule has 0 radical (unpaired) electrons. The maximum atomic E-state index is 11.7. The Bertz CT molecular complexity index is 295. The van der Waals surface area contributed by atoms with E-state index >= 15 is 0 Å². The van der Waals surface area contributed by atoms with Gasteiger partial charge in [-0.3, -0.25) is 14.1 Å². The molecule has 0 spiro atoms. The largest absolute Gasteiger partial charge is 0.322 e. The molecule has 0 rings (SSSR count). The van der Waals surface area contributed by atoms with E-state index in [0.717, 1.165) is 0 Å². The first-order valence-electron chi connectivity index (χ1n) is 2.59. The standard InChI is InChI=1S/C4H4F2O5S/c5-3(7)1-2(4(6)8)12(9,10)11/h2H,1H2,(H,9,10,11). The Labute approximate surface area is 66.1 Å². The Kier molecular flexibility index (Phi) is 3.40. The highest BCUT2D eigenvalue weighted by Gasteiger charge is 2.33. The SMILES string of the molecule is O=C(F)CC(C(=O)F)S(=O)(=O)O. The molecular weight excluding hydrogens is 198 g/mol. The first kappa shape index (κ1) is 11.1.